The van der Waals surface area contributed by atoms with Gasteiger partial charge in [-0.25, -0.2) is 0 Å². The van der Waals surface area contributed by atoms with Crippen LogP contribution >= 0.6 is 12.4 Å². The number of amides is 1. The first kappa shape index (κ1) is 21.0. The molecule has 0 spiro atoms. The van der Waals surface area contributed by atoms with E-state index in [2.05, 4.69) is 5.32 Å². The molecule has 0 bridgehead atoms. The second-order valence-electron chi connectivity index (χ2n) is 5.75. The first-order valence-electron chi connectivity index (χ1n) is 8.49. The van der Waals surface area contributed by atoms with Gasteiger partial charge in [0.15, 0.2) is 0 Å². The van der Waals surface area contributed by atoms with Gasteiger partial charge in [-0.2, -0.15) is 0 Å². The molecule has 0 heterocycles. The van der Waals surface area contributed by atoms with Gasteiger partial charge in [-0.05, 0) is 36.6 Å². The molecule has 0 aliphatic rings. The summed E-state index contributed by atoms with van der Waals surface area (Å²) in [6.07, 6.45) is 1.56. The molecule has 0 saturated carbocycles. The maximum Gasteiger partial charge on any atom is 0.237 e. The Kier molecular flexibility index (Phi) is 9.03. The van der Waals surface area contributed by atoms with Crippen LogP contribution in [0.5, 0.6) is 5.75 Å². The van der Waals surface area contributed by atoms with Crippen LogP contribution in [-0.4, -0.2) is 18.6 Å². The second-order valence-corrected chi connectivity index (χ2v) is 5.75. The van der Waals surface area contributed by atoms with Crippen molar-refractivity contribution in [1.82, 2.24) is 5.32 Å². The molecule has 2 rings (SSSR count). The van der Waals surface area contributed by atoms with Crippen LogP contribution in [0, 0.1) is 0 Å². The Morgan fingerprint density at radius 1 is 1.04 bits per heavy atom. The third-order valence-electron chi connectivity index (χ3n) is 3.88. The summed E-state index contributed by atoms with van der Waals surface area (Å²) in [5.41, 5.74) is 7.99. The highest BCUT2D eigenvalue weighted by atomic mass is 35.5. The molecule has 25 heavy (non-hydrogen) atoms. The largest absolute Gasteiger partial charge is 0.494 e. The van der Waals surface area contributed by atoms with Crippen molar-refractivity contribution < 1.29 is 9.53 Å². The summed E-state index contributed by atoms with van der Waals surface area (Å²) in [4.78, 5) is 12.4. The maximum absolute atomic E-state index is 12.4. The minimum Gasteiger partial charge on any atom is -0.494 e. The number of nitrogens with two attached hydrogens (primary N) is 1. The lowest BCUT2D eigenvalue weighted by atomic mass is 9.98. The summed E-state index contributed by atoms with van der Waals surface area (Å²) < 4.78 is 5.49. The monoisotopic (exact) mass is 362 g/mol. The molecule has 2 aromatic rings. The molecule has 136 valence electrons. The SMILES string of the molecule is CCCC(N)C(=O)NC(c1ccccc1)c1ccc(OCC)cc1.Cl. The van der Waals surface area contributed by atoms with Crippen molar-refractivity contribution in [2.45, 2.75) is 38.8 Å². The number of hydrogen-bond donors (Lipinski definition) is 2. The van der Waals surface area contributed by atoms with E-state index in [0.717, 1.165) is 23.3 Å². The number of ether oxygens (including phenoxy) is 1. The van der Waals surface area contributed by atoms with Crippen LogP contribution in [0.2, 0.25) is 0 Å². The van der Waals surface area contributed by atoms with E-state index in [1.165, 1.54) is 0 Å². The molecule has 4 nitrogen and oxygen atoms in total. The van der Waals surface area contributed by atoms with Crippen LogP contribution in [0.4, 0.5) is 0 Å². The third kappa shape index (κ3) is 6.07. The fourth-order valence-corrected chi connectivity index (χ4v) is 2.62. The van der Waals surface area contributed by atoms with Crippen LogP contribution in [0.15, 0.2) is 54.6 Å². The van der Waals surface area contributed by atoms with Crippen molar-refractivity contribution in [2.24, 2.45) is 5.73 Å². The number of carbonyl (C=O) groups is 1. The molecule has 2 unspecified atom stereocenters. The normalized spacial score (nSPS) is 12.6. The second kappa shape index (κ2) is 10.7. The first-order chi connectivity index (χ1) is 11.7. The molecule has 0 radical (unpaired) electrons. The Morgan fingerprint density at radius 2 is 1.64 bits per heavy atom. The van der Waals surface area contributed by atoms with Crippen molar-refractivity contribution >= 4 is 18.3 Å². The third-order valence-corrected chi connectivity index (χ3v) is 3.88. The fraction of sp³-hybridized carbons (Fsp3) is 0.350. The zero-order valence-electron chi connectivity index (χ0n) is 14.8. The van der Waals surface area contributed by atoms with E-state index in [1.54, 1.807) is 0 Å². The molecular formula is C20H27ClN2O2. The van der Waals surface area contributed by atoms with Crippen LogP contribution < -0.4 is 15.8 Å². The first-order valence-corrected chi connectivity index (χ1v) is 8.49. The lowest BCUT2D eigenvalue weighted by Crippen LogP contribution is -2.42. The van der Waals surface area contributed by atoms with Crippen molar-refractivity contribution in [3.63, 3.8) is 0 Å². The predicted molar refractivity (Wildman–Crippen MR) is 104 cm³/mol. The van der Waals surface area contributed by atoms with Gasteiger partial charge >= 0.3 is 0 Å². The molecule has 2 aromatic carbocycles. The average molecular weight is 363 g/mol. The Balaban J connectivity index is 0.00000312. The van der Waals surface area contributed by atoms with Crippen molar-refractivity contribution in [2.75, 3.05) is 6.61 Å². The van der Waals surface area contributed by atoms with Crippen molar-refractivity contribution in [3.05, 3.63) is 65.7 Å². The van der Waals surface area contributed by atoms with Crippen molar-refractivity contribution in [1.29, 1.82) is 0 Å². The Hall–Kier alpha value is -2.04. The number of halogens is 1. The number of rotatable bonds is 8. The molecule has 0 aliphatic heterocycles. The topological polar surface area (TPSA) is 64.4 Å². The summed E-state index contributed by atoms with van der Waals surface area (Å²) in [6, 6.07) is 17.0. The molecule has 0 saturated heterocycles. The van der Waals surface area contributed by atoms with Gasteiger partial charge in [0.1, 0.15) is 5.75 Å². The van der Waals surface area contributed by atoms with Gasteiger partial charge in [-0.3, -0.25) is 4.79 Å². The number of benzene rings is 2. The highest BCUT2D eigenvalue weighted by Gasteiger charge is 2.20. The summed E-state index contributed by atoms with van der Waals surface area (Å²) in [5.74, 6) is 0.696. The average Bonchev–Trinajstić information content (AvgIpc) is 2.61. The summed E-state index contributed by atoms with van der Waals surface area (Å²) in [5, 5.41) is 3.08. The standard InChI is InChI=1S/C20H26N2O2.ClH/c1-3-8-18(21)20(23)22-19(15-9-6-5-7-10-15)16-11-13-17(14-12-16)24-4-2;/h5-7,9-14,18-19H,3-4,8,21H2,1-2H3,(H,22,23);1H. The molecule has 1 amide bonds. The van der Waals surface area contributed by atoms with Crippen LogP contribution in [0.25, 0.3) is 0 Å². The Labute approximate surface area is 156 Å². The van der Waals surface area contributed by atoms with Gasteiger partial charge < -0.3 is 15.8 Å². The van der Waals surface area contributed by atoms with E-state index < -0.39 is 6.04 Å². The quantitative estimate of drug-likeness (QED) is 0.749. The fourth-order valence-electron chi connectivity index (χ4n) is 2.62. The number of nitrogens with one attached hydrogen (secondary N) is 1. The van der Waals surface area contributed by atoms with Crippen LogP contribution in [0.1, 0.15) is 43.9 Å². The lowest BCUT2D eigenvalue weighted by molar-refractivity contribution is -0.123. The zero-order chi connectivity index (χ0) is 17.4. The predicted octanol–water partition coefficient (Wildman–Crippen LogP) is 3.84. The molecule has 0 fully saturated rings. The van der Waals surface area contributed by atoms with E-state index in [-0.39, 0.29) is 24.4 Å². The summed E-state index contributed by atoms with van der Waals surface area (Å²) in [7, 11) is 0. The molecule has 0 aliphatic carbocycles. The molecular weight excluding hydrogens is 336 g/mol. The highest BCUT2D eigenvalue weighted by Crippen LogP contribution is 2.24. The van der Waals surface area contributed by atoms with E-state index in [4.69, 9.17) is 10.5 Å². The summed E-state index contributed by atoms with van der Waals surface area (Å²) in [6.45, 7) is 4.61. The maximum atomic E-state index is 12.4. The van der Waals surface area contributed by atoms with Gasteiger partial charge in [0.25, 0.3) is 0 Å². The van der Waals surface area contributed by atoms with Crippen molar-refractivity contribution in [3.8, 4) is 5.75 Å². The lowest BCUT2D eigenvalue weighted by Gasteiger charge is -2.22. The van der Waals surface area contributed by atoms with Crippen LogP contribution in [-0.2, 0) is 4.79 Å². The van der Waals surface area contributed by atoms with E-state index in [1.807, 2.05) is 68.4 Å². The Bertz CT molecular complexity index is 632. The minimum absolute atomic E-state index is 0. The minimum atomic E-state index is -0.482. The van der Waals surface area contributed by atoms with Gasteiger partial charge in [-0.1, -0.05) is 55.8 Å². The molecule has 3 N–H and O–H groups in total. The van der Waals surface area contributed by atoms with Gasteiger partial charge in [0.05, 0.1) is 18.7 Å². The van der Waals surface area contributed by atoms with E-state index in [9.17, 15) is 4.79 Å². The highest BCUT2D eigenvalue weighted by molar-refractivity contribution is 5.85. The molecule has 5 heteroatoms. The number of hydrogen-bond acceptors (Lipinski definition) is 3. The number of carbonyl (C=O) groups excluding carboxylic acids is 1. The molecule has 0 aromatic heterocycles. The van der Waals surface area contributed by atoms with Crippen LogP contribution in [0.3, 0.4) is 0 Å². The van der Waals surface area contributed by atoms with Gasteiger partial charge in [0, 0.05) is 0 Å². The summed E-state index contributed by atoms with van der Waals surface area (Å²) >= 11 is 0. The zero-order valence-corrected chi connectivity index (χ0v) is 15.6. The van der Waals surface area contributed by atoms with E-state index in [0.29, 0.717) is 13.0 Å². The van der Waals surface area contributed by atoms with Gasteiger partial charge in [-0.15, -0.1) is 12.4 Å². The smallest absolute Gasteiger partial charge is 0.237 e. The van der Waals surface area contributed by atoms with Gasteiger partial charge in [0.2, 0.25) is 5.91 Å². The van der Waals surface area contributed by atoms with E-state index >= 15 is 0 Å². The molecule has 2 atom stereocenters. The Morgan fingerprint density at radius 3 is 2.20 bits per heavy atom.